The van der Waals surface area contributed by atoms with Gasteiger partial charge in [-0.2, -0.15) is 0 Å². The van der Waals surface area contributed by atoms with Crippen molar-refractivity contribution in [3.05, 3.63) is 64.7 Å². The van der Waals surface area contributed by atoms with Gasteiger partial charge in [-0.05, 0) is 43.8 Å². The average Bonchev–Trinajstić information content (AvgIpc) is 2.72. The molecule has 0 amide bonds. The molecule has 2 aromatic rings. The summed E-state index contributed by atoms with van der Waals surface area (Å²) >= 11 is 6.21. The minimum atomic E-state index is -1.14. The second kappa shape index (κ2) is 10.3. The van der Waals surface area contributed by atoms with Crippen molar-refractivity contribution in [1.82, 2.24) is 4.90 Å². The number of likely N-dealkylation sites (N-methyl/N-ethyl adjacent to an activating group) is 1. The molecule has 0 bridgehead atoms. The first-order chi connectivity index (χ1) is 13.5. The quantitative estimate of drug-likeness (QED) is 0.587. The number of nitrogens with zero attached hydrogens (tertiary/aromatic N) is 1. The first-order valence-corrected chi connectivity index (χ1v) is 9.94. The Kier molecular flexibility index (Phi) is 8.34. The van der Waals surface area contributed by atoms with Crippen LogP contribution in [0.15, 0.2) is 48.5 Å². The molecule has 0 fully saturated rings. The molecule has 0 radical (unpaired) electrons. The summed E-state index contributed by atoms with van der Waals surface area (Å²) in [6.07, 6.45) is -1.14. The van der Waals surface area contributed by atoms with E-state index in [-0.39, 0.29) is 12.4 Å². The van der Waals surface area contributed by atoms with Crippen LogP contribution >= 0.6 is 24.0 Å². The van der Waals surface area contributed by atoms with Crippen molar-refractivity contribution < 1.29 is 19.0 Å². The molecular weight excluding hydrogens is 413 g/mol. The lowest BCUT2D eigenvalue weighted by Crippen LogP contribution is -2.45. The molecule has 0 saturated carbocycles. The molecule has 1 aliphatic heterocycles. The van der Waals surface area contributed by atoms with E-state index in [0.717, 1.165) is 24.2 Å². The zero-order chi connectivity index (χ0) is 20.1. The maximum atomic E-state index is 12.6. The highest BCUT2D eigenvalue weighted by atomic mass is 35.5. The fourth-order valence-electron chi connectivity index (χ4n) is 3.35. The third-order valence-electron chi connectivity index (χ3n) is 5.10. The summed E-state index contributed by atoms with van der Waals surface area (Å²) in [5.74, 6) is 0.0302. The van der Waals surface area contributed by atoms with Gasteiger partial charge in [-0.15, -0.1) is 12.4 Å². The molecular formula is C22H27Cl2NO4. The molecule has 3 rings (SSSR count). The van der Waals surface area contributed by atoms with Crippen LogP contribution in [0.1, 0.15) is 31.9 Å². The predicted octanol–water partition coefficient (Wildman–Crippen LogP) is 4.65. The number of carbonyl (C=O) groups is 1. The standard InChI is InChI=1S/C22H26ClNO4.ClH/c1-4-24(5-2)13-14-26-20(25)21-27-19-12-11-17(23)15-18(19)22(3,28-21)16-9-7-6-8-10-16;/h6-12,15,21H,4-5,13-14H2,1-3H3;1H. The smallest absolute Gasteiger partial charge is 0.376 e. The number of benzene rings is 2. The van der Waals surface area contributed by atoms with Crippen molar-refractivity contribution in [1.29, 1.82) is 0 Å². The highest BCUT2D eigenvalue weighted by Crippen LogP contribution is 2.44. The second-order valence-corrected chi connectivity index (χ2v) is 7.24. The number of ether oxygens (including phenoxy) is 3. The number of hydrogen-bond donors (Lipinski definition) is 0. The van der Waals surface area contributed by atoms with Crippen molar-refractivity contribution in [2.75, 3.05) is 26.2 Å². The van der Waals surface area contributed by atoms with E-state index in [0.29, 0.717) is 23.9 Å². The molecule has 0 aromatic heterocycles. The molecule has 2 aromatic carbocycles. The van der Waals surface area contributed by atoms with Crippen molar-refractivity contribution in [3.8, 4) is 5.75 Å². The van der Waals surface area contributed by atoms with Gasteiger partial charge in [-0.25, -0.2) is 4.79 Å². The lowest BCUT2D eigenvalue weighted by molar-refractivity contribution is -0.206. The van der Waals surface area contributed by atoms with Gasteiger partial charge in [0.1, 0.15) is 18.0 Å². The van der Waals surface area contributed by atoms with E-state index in [1.807, 2.05) is 43.3 Å². The molecule has 158 valence electrons. The third kappa shape index (κ3) is 5.23. The topological polar surface area (TPSA) is 48.0 Å². The van der Waals surface area contributed by atoms with Crippen LogP contribution in [0.5, 0.6) is 5.75 Å². The van der Waals surface area contributed by atoms with Crippen LogP contribution < -0.4 is 4.74 Å². The minimum Gasteiger partial charge on any atom is -0.460 e. The number of esters is 1. The number of hydrogen-bond acceptors (Lipinski definition) is 5. The summed E-state index contributed by atoms with van der Waals surface area (Å²) in [5.41, 5.74) is 0.795. The van der Waals surface area contributed by atoms with Gasteiger partial charge in [-0.3, -0.25) is 0 Å². The first kappa shape index (κ1) is 23.5. The normalized spacial score (nSPS) is 20.4. The molecule has 2 atom stereocenters. The molecule has 7 heteroatoms. The molecule has 1 aliphatic rings. The molecule has 0 aliphatic carbocycles. The van der Waals surface area contributed by atoms with E-state index in [9.17, 15) is 4.79 Å². The monoisotopic (exact) mass is 439 g/mol. The van der Waals surface area contributed by atoms with Crippen LogP contribution in [-0.2, 0) is 19.9 Å². The second-order valence-electron chi connectivity index (χ2n) is 6.80. The number of fused-ring (bicyclic) bond motifs is 1. The SMILES string of the molecule is CCN(CC)CCOC(=O)C1Oc2ccc(Cl)cc2C(C)(c2ccccc2)O1.Cl. The Morgan fingerprint density at radius 2 is 1.86 bits per heavy atom. The lowest BCUT2D eigenvalue weighted by Gasteiger charge is -2.39. The highest BCUT2D eigenvalue weighted by molar-refractivity contribution is 6.30. The predicted molar refractivity (Wildman–Crippen MR) is 116 cm³/mol. The molecule has 29 heavy (non-hydrogen) atoms. The van der Waals surface area contributed by atoms with E-state index in [2.05, 4.69) is 18.7 Å². The summed E-state index contributed by atoms with van der Waals surface area (Å²) in [6.45, 7) is 8.84. The van der Waals surface area contributed by atoms with Crippen molar-refractivity contribution in [3.63, 3.8) is 0 Å². The summed E-state index contributed by atoms with van der Waals surface area (Å²) in [5, 5.41) is 0.577. The zero-order valence-electron chi connectivity index (χ0n) is 16.9. The van der Waals surface area contributed by atoms with Gasteiger partial charge < -0.3 is 19.1 Å². The average molecular weight is 440 g/mol. The summed E-state index contributed by atoms with van der Waals surface area (Å²) < 4.78 is 17.4. The van der Waals surface area contributed by atoms with Gasteiger partial charge in [-0.1, -0.05) is 55.8 Å². The van der Waals surface area contributed by atoms with E-state index >= 15 is 0 Å². The lowest BCUT2D eigenvalue weighted by atomic mass is 9.86. The van der Waals surface area contributed by atoms with Crippen LogP contribution in [0, 0.1) is 0 Å². The van der Waals surface area contributed by atoms with E-state index < -0.39 is 17.9 Å². The van der Waals surface area contributed by atoms with Gasteiger partial charge in [0.15, 0.2) is 0 Å². The van der Waals surface area contributed by atoms with Crippen LogP contribution in [0.4, 0.5) is 0 Å². The third-order valence-corrected chi connectivity index (χ3v) is 5.33. The highest BCUT2D eigenvalue weighted by Gasteiger charge is 2.43. The Hall–Kier alpha value is -1.79. The molecule has 0 saturated heterocycles. The Labute approximate surface area is 183 Å². The molecule has 5 nitrogen and oxygen atoms in total. The zero-order valence-corrected chi connectivity index (χ0v) is 18.5. The Bertz CT molecular complexity index is 814. The molecule has 0 spiro atoms. The fourth-order valence-corrected chi connectivity index (χ4v) is 3.53. The van der Waals surface area contributed by atoms with Crippen molar-refractivity contribution in [2.45, 2.75) is 32.7 Å². The van der Waals surface area contributed by atoms with Gasteiger partial charge in [0.25, 0.3) is 0 Å². The van der Waals surface area contributed by atoms with Crippen LogP contribution in [0.2, 0.25) is 5.02 Å². The van der Waals surface area contributed by atoms with E-state index in [1.165, 1.54) is 0 Å². The van der Waals surface area contributed by atoms with E-state index in [4.69, 9.17) is 25.8 Å². The summed E-state index contributed by atoms with van der Waals surface area (Å²) in [4.78, 5) is 14.8. The first-order valence-electron chi connectivity index (χ1n) is 9.57. The minimum absolute atomic E-state index is 0. The Morgan fingerprint density at radius 1 is 1.17 bits per heavy atom. The number of carbonyl (C=O) groups excluding carboxylic acids is 1. The fraction of sp³-hybridized carbons (Fsp3) is 0.409. The van der Waals surface area contributed by atoms with Crippen LogP contribution in [-0.4, -0.2) is 43.4 Å². The molecule has 1 heterocycles. The summed E-state index contributed by atoms with van der Waals surface area (Å²) in [6, 6.07) is 15.0. The van der Waals surface area contributed by atoms with E-state index in [1.54, 1.807) is 12.1 Å². The number of rotatable bonds is 7. The van der Waals surface area contributed by atoms with Gasteiger partial charge in [0, 0.05) is 17.1 Å². The molecule has 2 unspecified atom stereocenters. The number of halogens is 2. The van der Waals surface area contributed by atoms with Crippen LogP contribution in [0.25, 0.3) is 0 Å². The molecule has 0 N–H and O–H groups in total. The van der Waals surface area contributed by atoms with Crippen molar-refractivity contribution >= 4 is 30.0 Å². The maximum Gasteiger partial charge on any atom is 0.376 e. The summed E-state index contributed by atoms with van der Waals surface area (Å²) in [7, 11) is 0. The van der Waals surface area contributed by atoms with Crippen molar-refractivity contribution in [2.24, 2.45) is 0 Å². The maximum absolute atomic E-state index is 12.6. The Morgan fingerprint density at radius 3 is 2.52 bits per heavy atom. The van der Waals surface area contributed by atoms with Crippen LogP contribution in [0.3, 0.4) is 0 Å². The Balaban J connectivity index is 0.00000300. The van der Waals surface area contributed by atoms with Gasteiger partial charge in [0.2, 0.25) is 0 Å². The largest absolute Gasteiger partial charge is 0.460 e. The van der Waals surface area contributed by atoms with Gasteiger partial charge >= 0.3 is 12.3 Å². The van der Waals surface area contributed by atoms with Gasteiger partial charge in [0.05, 0.1) is 0 Å².